The Kier molecular flexibility index (Phi) is 5.08. The number of hydrogen-bond donors (Lipinski definition) is 1. The molecular formula is C19H23FN2O3. The lowest BCUT2D eigenvalue weighted by atomic mass is 10.1. The number of aryl methyl sites for hydroxylation is 1. The van der Waals surface area contributed by atoms with E-state index in [9.17, 15) is 9.18 Å². The van der Waals surface area contributed by atoms with E-state index in [1.807, 2.05) is 24.8 Å². The SMILES string of the molecule is Cc1ccoc1C(=O)NCc1ccc(N2C[C@@H](C)O[C@@H](C)C2)c(F)c1. The first-order valence-corrected chi connectivity index (χ1v) is 8.45. The fourth-order valence-electron chi connectivity index (χ4n) is 3.16. The molecule has 0 bridgehead atoms. The average molecular weight is 346 g/mol. The summed E-state index contributed by atoms with van der Waals surface area (Å²) in [6, 6.07) is 6.79. The normalized spacial score (nSPS) is 20.6. The minimum absolute atomic E-state index is 0.0682. The molecule has 0 aliphatic carbocycles. The number of nitrogens with one attached hydrogen (secondary N) is 1. The van der Waals surface area contributed by atoms with Crippen molar-refractivity contribution >= 4 is 11.6 Å². The van der Waals surface area contributed by atoms with Crippen molar-refractivity contribution in [3.8, 4) is 0 Å². The summed E-state index contributed by atoms with van der Waals surface area (Å²) in [5, 5.41) is 2.75. The molecule has 2 heterocycles. The number of halogens is 1. The molecule has 134 valence electrons. The summed E-state index contributed by atoms with van der Waals surface area (Å²) in [4.78, 5) is 14.1. The van der Waals surface area contributed by atoms with Crippen LogP contribution in [0.1, 0.15) is 35.5 Å². The van der Waals surface area contributed by atoms with Crippen LogP contribution >= 0.6 is 0 Å². The number of ether oxygens (including phenoxy) is 1. The molecule has 1 aliphatic heterocycles. The van der Waals surface area contributed by atoms with E-state index in [2.05, 4.69) is 5.32 Å². The van der Waals surface area contributed by atoms with Crippen molar-refractivity contribution in [1.82, 2.24) is 5.32 Å². The molecule has 1 aliphatic rings. The maximum atomic E-state index is 14.5. The Bertz CT molecular complexity index is 749. The standard InChI is InChI=1S/C19H23FN2O3/c1-12-6-7-24-18(12)19(23)21-9-15-4-5-17(16(20)8-15)22-10-13(2)25-14(3)11-22/h4-8,13-14H,9-11H2,1-3H3,(H,21,23)/t13-,14+. The van der Waals surface area contributed by atoms with Gasteiger partial charge in [0.1, 0.15) is 5.82 Å². The molecule has 1 aromatic carbocycles. The topological polar surface area (TPSA) is 54.7 Å². The van der Waals surface area contributed by atoms with Crippen molar-refractivity contribution < 1.29 is 18.3 Å². The number of carbonyl (C=O) groups is 1. The molecule has 0 radical (unpaired) electrons. The van der Waals surface area contributed by atoms with E-state index >= 15 is 0 Å². The van der Waals surface area contributed by atoms with Gasteiger partial charge >= 0.3 is 0 Å². The molecule has 25 heavy (non-hydrogen) atoms. The van der Waals surface area contributed by atoms with Gasteiger partial charge in [-0.1, -0.05) is 6.07 Å². The van der Waals surface area contributed by atoms with Gasteiger partial charge in [-0.15, -0.1) is 0 Å². The van der Waals surface area contributed by atoms with Crippen molar-refractivity contribution in [2.45, 2.75) is 39.5 Å². The Morgan fingerprint density at radius 2 is 2.00 bits per heavy atom. The Hall–Kier alpha value is -2.34. The van der Waals surface area contributed by atoms with Crippen LogP contribution in [0.25, 0.3) is 0 Å². The molecule has 2 aromatic rings. The molecule has 3 rings (SSSR count). The molecule has 1 amide bonds. The first-order chi connectivity index (χ1) is 11.9. The highest BCUT2D eigenvalue weighted by Gasteiger charge is 2.24. The number of furan rings is 1. The van der Waals surface area contributed by atoms with Gasteiger partial charge in [0.05, 0.1) is 24.2 Å². The number of rotatable bonds is 4. The van der Waals surface area contributed by atoms with E-state index in [1.54, 1.807) is 19.1 Å². The van der Waals surface area contributed by atoms with Gasteiger partial charge in [-0.05, 0) is 44.5 Å². The fourth-order valence-corrected chi connectivity index (χ4v) is 3.16. The van der Waals surface area contributed by atoms with Crippen molar-refractivity contribution in [2.24, 2.45) is 0 Å². The summed E-state index contributed by atoms with van der Waals surface area (Å²) in [7, 11) is 0. The zero-order valence-electron chi connectivity index (χ0n) is 14.7. The van der Waals surface area contributed by atoms with Crippen LogP contribution in [-0.2, 0) is 11.3 Å². The van der Waals surface area contributed by atoms with E-state index in [0.717, 1.165) is 5.56 Å². The summed E-state index contributed by atoms with van der Waals surface area (Å²) < 4.78 is 25.4. The zero-order chi connectivity index (χ0) is 18.0. The summed E-state index contributed by atoms with van der Waals surface area (Å²) >= 11 is 0. The smallest absolute Gasteiger partial charge is 0.287 e. The number of amides is 1. The monoisotopic (exact) mass is 346 g/mol. The predicted octanol–water partition coefficient (Wildman–Crippen LogP) is 3.27. The lowest BCUT2D eigenvalue weighted by Crippen LogP contribution is -2.45. The molecular weight excluding hydrogens is 323 g/mol. The maximum Gasteiger partial charge on any atom is 0.287 e. The van der Waals surface area contributed by atoms with Gasteiger partial charge in [-0.2, -0.15) is 0 Å². The van der Waals surface area contributed by atoms with Gasteiger partial charge in [0.2, 0.25) is 0 Å². The molecule has 1 N–H and O–H groups in total. The summed E-state index contributed by atoms with van der Waals surface area (Å²) in [6.45, 7) is 7.34. The first-order valence-electron chi connectivity index (χ1n) is 8.45. The summed E-state index contributed by atoms with van der Waals surface area (Å²) in [6.07, 6.45) is 1.61. The third-order valence-electron chi connectivity index (χ3n) is 4.29. The van der Waals surface area contributed by atoms with E-state index in [0.29, 0.717) is 24.3 Å². The Labute approximate surface area is 146 Å². The van der Waals surface area contributed by atoms with Crippen molar-refractivity contribution in [3.05, 3.63) is 53.2 Å². The van der Waals surface area contributed by atoms with Crippen LogP contribution in [0, 0.1) is 12.7 Å². The van der Waals surface area contributed by atoms with Crippen LogP contribution in [-0.4, -0.2) is 31.2 Å². The Balaban J connectivity index is 1.66. The lowest BCUT2D eigenvalue weighted by molar-refractivity contribution is -0.00539. The van der Waals surface area contributed by atoms with Crippen molar-refractivity contribution in [2.75, 3.05) is 18.0 Å². The third kappa shape index (κ3) is 4.02. The second-order valence-electron chi connectivity index (χ2n) is 6.56. The quantitative estimate of drug-likeness (QED) is 0.923. The van der Waals surface area contributed by atoms with E-state index in [-0.39, 0.29) is 36.2 Å². The van der Waals surface area contributed by atoms with Crippen LogP contribution in [0.3, 0.4) is 0 Å². The highest BCUT2D eigenvalue weighted by Crippen LogP contribution is 2.24. The summed E-state index contributed by atoms with van der Waals surface area (Å²) in [5.74, 6) is -0.307. The third-order valence-corrected chi connectivity index (χ3v) is 4.29. The first kappa shape index (κ1) is 17.5. The molecule has 1 fully saturated rings. The number of anilines is 1. The fraction of sp³-hybridized carbons (Fsp3) is 0.421. The zero-order valence-corrected chi connectivity index (χ0v) is 14.7. The van der Waals surface area contributed by atoms with Gasteiger partial charge < -0.3 is 19.4 Å². The Morgan fingerprint density at radius 1 is 1.28 bits per heavy atom. The minimum Gasteiger partial charge on any atom is -0.459 e. The highest BCUT2D eigenvalue weighted by atomic mass is 19.1. The molecule has 1 saturated heterocycles. The second-order valence-corrected chi connectivity index (χ2v) is 6.56. The number of carbonyl (C=O) groups excluding carboxylic acids is 1. The second kappa shape index (κ2) is 7.27. The van der Waals surface area contributed by atoms with Gasteiger partial charge in [-0.25, -0.2) is 4.39 Å². The Morgan fingerprint density at radius 3 is 2.60 bits per heavy atom. The van der Waals surface area contributed by atoms with E-state index in [1.165, 1.54) is 12.3 Å². The van der Waals surface area contributed by atoms with Crippen LogP contribution in [0.5, 0.6) is 0 Å². The molecule has 6 heteroatoms. The van der Waals surface area contributed by atoms with E-state index < -0.39 is 0 Å². The van der Waals surface area contributed by atoms with Crippen LogP contribution in [0.2, 0.25) is 0 Å². The highest BCUT2D eigenvalue weighted by molar-refractivity contribution is 5.92. The largest absolute Gasteiger partial charge is 0.459 e. The van der Waals surface area contributed by atoms with Gasteiger partial charge in [0.25, 0.3) is 5.91 Å². The number of nitrogens with zero attached hydrogens (tertiary/aromatic N) is 1. The average Bonchev–Trinajstić information content (AvgIpc) is 2.98. The van der Waals surface area contributed by atoms with Crippen LogP contribution < -0.4 is 10.2 Å². The molecule has 0 saturated carbocycles. The minimum atomic E-state index is -0.303. The maximum absolute atomic E-state index is 14.5. The number of benzene rings is 1. The lowest BCUT2D eigenvalue weighted by Gasteiger charge is -2.37. The number of hydrogen-bond acceptors (Lipinski definition) is 4. The van der Waals surface area contributed by atoms with Crippen LogP contribution in [0.4, 0.5) is 10.1 Å². The van der Waals surface area contributed by atoms with Gasteiger partial charge in [-0.3, -0.25) is 4.79 Å². The molecule has 5 nitrogen and oxygen atoms in total. The van der Waals surface area contributed by atoms with Gasteiger partial charge in [0, 0.05) is 25.2 Å². The predicted molar refractivity (Wildman–Crippen MR) is 93.2 cm³/mol. The van der Waals surface area contributed by atoms with Crippen molar-refractivity contribution in [1.29, 1.82) is 0 Å². The number of morpholine rings is 1. The molecule has 2 atom stereocenters. The van der Waals surface area contributed by atoms with Crippen LogP contribution in [0.15, 0.2) is 34.9 Å². The van der Waals surface area contributed by atoms with E-state index in [4.69, 9.17) is 9.15 Å². The molecule has 0 spiro atoms. The molecule has 1 aromatic heterocycles. The van der Waals surface area contributed by atoms with Gasteiger partial charge in [0.15, 0.2) is 5.76 Å². The van der Waals surface area contributed by atoms with Crippen molar-refractivity contribution in [3.63, 3.8) is 0 Å². The summed E-state index contributed by atoms with van der Waals surface area (Å²) in [5.41, 5.74) is 2.04. The molecule has 0 unspecified atom stereocenters.